The molecule has 5 heteroatoms. The maximum Gasteiger partial charge on any atom is 0.307 e. The summed E-state index contributed by atoms with van der Waals surface area (Å²) in [5, 5.41) is 19.2. The monoisotopic (exact) mass is 285 g/mol. The van der Waals surface area contributed by atoms with Gasteiger partial charge in [0, 0.05) is 13.1 Å². The van der Waals surface area contributed by atoms with Gasteiger partial charge in [0.2, 0.25) is 5.91 Å². The Hall–Kier alpha value is -1.10. The van der Waals surface area contributed by atoms with Crippen molar-refractivity contribution in [2.45, 2.75) is 52.6 Å². The first-order valence-corrected chi connectivity index (χ1v) is 7.43. The summed E-state index contributed by atoms with van der Waals surface area (Å²) in [5.41, 5.74) is -0.965. The van der Waals surface area contributed by atoms with Crippen LogP contribution in [-0.2, 0) is 9.59 Å². The fourth-order valence-electron chi connectivity index (χ4n) is 3.07. The molecule has 0 bridgehead atoms. The van der Waals surface area contributed by atoms with E-state index < -0.39 is 23.4 Å². The highest BCUT2D eigenvalue weighted by Crippen LogP contribution is 2.39. The second-order valence-electron chi connectivity index (χ2n) is 6.46. The lowest BCUT2D eigenvalue weighted by atomic mass is 9.94. The average Bonchev–Trinajstić information content (AvgIpc) is 2.78. The summed E-state index contributed by atoms with van der Waals surface area (Å²) in [5.74, 6) is -1.72. The molecule has 2 N–H and O–H groups in total. The van der Waals surface area contributed by atoms with Gasteiger partial charge in [-0.1, -0.05) is 13.3 Å². The molecule has 116 valence electrons. The Balaban J connectivity index is 2.84. The molecule has 0 aliphatic heterocycles. The molecule has 0 aromatic heterocycles. The molecule has 3 unspecified atom stereocenters. The Bertz CT molecular complexity index is 361. The second-order valence-corrected chi connectivity index (χ2v) is 6.46. The van der Waals surface area contributed by atoms with Gasteiger partial charge in [-0.05, 0) is 39.5 Å². The highest BCUT2D eigenvalue weighted by Gasteiger charge is 2.43. The highest BCUT2D eigenvalue weighted by atomic mass is 16.4. The number of likely N-dealkylation sites (N-methyl/N-ethyl adjacent to an activating group) is 1. The number of carboxylic acid groups (broad SMARTS) is 1. The molecular weight excluding hydrogens is 258 g/mol. The molecule has 0 radical (unpaired) electrons. The maximum absolute atomic E-state index is 12.6. The zero-order valence-electron chi connectivity index (χ0n) is 12.9. The molecule has 0 aromatic rings. The van der Waals surface area contributed by atoms with Crippen molar-refractivity contribution in [3.05, 3.63) is 0 Å². The fourth-order valence-corrected chi connectivity index (χ4v) is 3.07. The number of rotatable bonds is 6. The summed E-state index contributed by atoms with van der Waals surface area (Å²) in [7, 11) is 0. The van der Waals surface area contributed by atoms with Crippen LogP contribution in [0, 0.1) is 17.8 Å². The van der Waals surface area contributed by atoms with Crippen LogP contribution < -0.4 is 0 Å². The van der Waals surface area contributed by atoms with Gasteiger partial charge >= 0.3 is 5.97 Å². The second kappa shape index (κ2) is 6.57. The van der Waals surface area contributed by atoms with Crippen LogP contribution in [0.2, 0.25) is 0 Å². The number of carbonyl (C=O) groups is 2. The Kier molecular flexibility index (Phi) is 5.57. The van der Waals surface area contributed by atoms with E-state index >= 15 is 0 Å². The van der Waals surface area contributed by atoms with E-state index in [1.54, 1.807) is 18.7 Å². The third-order valence-corrected chi connectivity index (χ3v) is 4.14. The van der Waals surface area contributed by atoms with Gasteiger partial charge in [0.15, 0.2) is 0 Å². The summed E-state index contributed by atoms with van der Waals surface area (Å²) in [4.78, 5) is 25.5. The van der Waals surface area contributed by atoms with Gasteiger partial charge in [-0.3, -0.25) is 9.59 Å². The molecule has 0 heterocycles. The quantitative estimate of drug-likeness (QED) is 0.779. The largest absolute Gasteiger partial charge is 0.481 e. The third kappa shape index (κ3) is 4.20. The predicted octanol–water partition coefficient (Wildman–Crippen LogP) is 1.74. The first-order valence-electron chi connectivity index (χ1n) is 7.43. The molecule has 1 aliphatic carbocycles. The number of carbonyl (C=O) groups excluding carboxylic acids is 1. The van der Waals surface area contributed by atoms with Gasteiger partial charge in [0.25, 0.3) is 0 Å². The smallest absolute Gasteiger partial charge is 0.307 e. The van der Waals surface area contributed by atoms with Crippen molar-refractivity contribution >= 4 is 11.9 Å². The predicted molar refractivity (Wildman–Crippen MR) is 76.2 cm³/mol. The molecule has 20 heavy (non-hydrogen) atoms. The van der Waals surface area contributed by atoms with Crippen LogP contribution in [-0.4, -0.2) is 45.7 Å². The van der Waals surface area contributed by atoms with E-state index in [9.17, 15) is 19.8 Å². The van der Waals surface area contributed by atoms with Gasteiger partial charge in [0.1, 0.15) is 0 Å². The summed E-state index contributed by atoms with van der Waals surface area (Å²) >= 11 is 0. The minimum atomic E-state index is -0.965. The van der Waals surface area contributed by atoms with E-state index in [0.29, 0.717) is 25.3 Å². The number of hydrogen-bond acceptors (Lipinski definition) is 3. The molecule has 5 nitrogen and oxygen atoms in total. The van der Waals surface area contributed by atoms with Crippen LogP contribution in [0.25, 0.3) is 0 Å². The van der Waals surface area contributed by atoms with Crippen molar-refractivity contribution < 1.29 is 19.8 Å². The van der Waals surface area contributed by atoms with Crippen molar-refractivity contribution in [2.75, 3.05) is 13.1 Å². The van der Waals surface area contributed by atoms with E-state index in [4.69, 9.17) is 0 Å². The standard InChI is InChI=1S/C15H27NO4/c1-5-10-7-11(12(8-10)14(18)19)13(17)16(6-2)9-15(3,4)20/h10-12,20H,5-9H2,1-4H3,(H,18,19). The first-order chi connectivity index (χ1) is 9.19. The van der Waals surface area contributed by atoms with Crippen molar-refractivity contribution in [3.8, 4) is 0 Å². The van der Waals surface area contributed by atoms with Crippen molar-refractivity contribution in [1.29, 1.82) is 0 Å². The molecule has 0 saturated heterocycles. The summed E-state index contributed by atoms with van der Waals surface area (Å²) in [6, 6.07) is 0. The van der Waals surface area contributed by atoms with Crippen LogP contribution in [0.4, 0.5) is 0 Å². The molecule has 1 amide bonds. The molecule has 1 fully saturated rings. The van der Waals surface area contributed by atoms with Gasteiger partial charge in [-0.15, -0.1) is 0 Å². The molecule has 1 saturated carbocycles. The zero-order valence-corrected chi connectivity index (χ0v) is 12.9. The van der Waals surface area contributed by atoms with Gasteiger partial charge in [-0.2, -0.15) is 0 Å². The van der Waals surface area contributed by atoms with E-state index in [2.05, 4.69) is 0 Å². The Labute approximate surface area is 121 Å². The molecule has 0 spiro atoms. The lowest BCUT2D eigenvalue weighted by Gasteiger charge is -2.31. The SMILES string of the molecule is CCC1CC(C(=O)O)C(C(=O)N(CC)CC(C)(C)O)C1. The molecule has 1 aliphatic rings. The number of amides is 1. The summed E-state index contributed by atoms with van der Waals surface area (Å²) in [6.45, 7) is 7.92. The first kappa shape index (κ1) is 17.0. The number of nitrogens with zero attached hydrogens (tertiary/aromatic N) is 1. The zero-order chi connectivity index (χ0) is 15.5. The highest BCUT2D eigenvalue weighted by molar-refractivity contribution is 5.85. The number of hydrogen-bond donors (Lipinski definition) is 2. The van der Waals surface area contributed by atoms with E-state index in [0.717, 1.165) is 6.42 Å². The number of aliphatic carboxylic acids is 1. The van der Waals surface area contributed by atoms with E-state index in [-0.39, 0.29) is 12.5 Å². The summed E-state index contributed by atoms with van der Waals surface area (Å²) in [6.07, 6.45) is 2.14. The number of aliphatic hydroxyl groups is 1. The molecule has 0 aromatic carbocycles. The van der Waals surface area contributed by atoms with Crippen molar-refractivity contribution in [2.24, 2.45) is 17.8 Å². The normalized spacial score (nSPS) is 26.6. The molecular formula is C15H27NO4. The maximum atomic E-state index is 12.6. The van der Waals surface area contributed by atoms with E-state index in [1.165, 1.54) is 0 Å². The van der Waals surface area contributed by atoms with Crippen LogP contribution in [0.5, 0.6) is 0 Å². The lowest BCUT2D eigenvalue weighted by molar-refractivity contribution is -0.150. The van der Waals surface area contributed by atoms with Crippen molar-refractivity contribution in [3.63, 3.8) is 0 Å². The van der Waals surface area contributed by atoms with Crippen LogP contribution >= 0.6 is 0 Å². The topological polar surface area (TPSA) is 77.8 Å². The number of carboxylic acids is 1. The minimum Gasteiger partial charge on any atom is -0.481 e. The Morgan fingerprint density at radius 3 is 2.15 bits per heavy atom. The minimum absolute atomic E-state index is 0.127. The lowest BCUT2D eigenvalue weighted by Crippen LogP contribution is -2.46. The Morgan fingerprint density at radius 2 is 1.75 bits per heavy atom. The van der Waals surface area contributed by atoms with Gasteiger partial charge in [0.05, 0.1) is 17.4 Å². The third-order valence-electron chi connectivity index (χ3n) is 4.14. The van der Waals surface area contributed by atoms with Crippen molar-refractivity contribution in [1.82, 2.24) is 4.90 Å². The fraction of sp³-hybridized carbons (Fsp3) is 0.867. The van der Waals surface area contributed by atoms with Crippen LogP contribution in [0.15, 0.2) is 0 Å². The van der Waals surface area contributed by atoms with Crippen LogP contribution in [0.3, 0.4) is 0 Å². The summed E-state index contributed by atoms with van der Waals surface area (Å²) < 4.78 is 0. The average molecular weight is 285 g/mol. The molecule has 1 rings (SSSR count). The van der Waals surface area contributed by atoms with Gasteiger partial charge < -0.3 is 15.1 Å². The molecule has 3 atom stereocenters. The van der Waals surface area contributed by atoms with Crippen LogP contribution in [0.1, 0.15) is 47.0 Å². The van der Waals surface area contributed by atoms with E-state index in [1.807, 2.05) is 13.8 Å². The Morgan fingerprint density at radius 1 is 1.20 bits per heavy atom. The van der Waals surface area contributed by atoms with Gasteiger partial charge in [-0.25, -0.2) is 0 Å².